The zero-order valence-corrected chi connectivity index (χ0v) is 11.7. The lowest BCUT2D eigenvalue weighted by atomic mass is 10.1. The minimum Gasteiger partial charge on any atom is -0.454 e. The number of nitro groups is 1. The first-order valence-electron chi connectivity index (χ1n) is 6.14. The smallest absolute Gasteiger partial charge is 0.382 e. The fourth-order valence-electron chi connectivity index (χ4n) is 1.76. The summed E-state index contributed by atoms with van der Waals surface area (Å²) < 4.78 is 10.3. The Labute approximate surface area is 119 Å². The highest BCUT2D eigenvalue weighted by Crippen LogP contribution is 2.23. The molecule has 110 valence electrons. The number of benzene rings is 1. The van der Waals surface area contributed by atoms with Crippen molar-refractivity contribution in [3.8, 4) is 0 Å². The number of carbonyl (C=O) groups excluding carboxylic acids is 1. The molecule has 1 aromatic carbocycles. The van der Waals surface area contributed by atoms with Gasteiger partial charge in [-0.15, -0.1) is 0 Å². The Hall–Kier alpha value is -2.70. The number of para-hydroxylation sites is 1. The summed E-state index contributed by atoms with van der Waals surface area (Å²) in [5, 5.41) is 11.1. The van der Waals surface area contributed by atoms with Crippen LogP contribution >= 0.6 is 0 Å². The molecule has 7 heteroatoms. The molecular formula is C14H13NO6. The molecule has 0 unspecified atom stereocenters. The number of hydrogen-bond acceptors (Lipinski definition) is 6. The van der Waals surface area contributed by atoms with Gasteiger partial charge in [-0.3, -0.25) is 14.9 Å². The molecule has 0 radical (unpaired) electrons. The normalized spacial score (nSPS) is 11.4. The van der Waals surface area contributed by atoms with Crippen LogP contribution < -0.4 is 5.43 Å². The van der Waals surface area contributed by atoms with Crippen molar-refractivity contribution >= 4 is 22.6 Å². The van der Waals surface area contributed by atoms with Gasteiger partial charge in [0.2, 0.25) is 0 Å². The zero-order chi connectivity index (χ0) is 15.8. The van der Waals surface area contributed by atoms with Crippen molar-refractivity contribution in [1.29, 1.82) is 0 Å². The molecule has 0 aliphatic rings. The van der Waals surface area contributed by atoms with E-state index in [0.717, 1.165) is 0 Å². The summed E-state index contributed by atoms with van der Waals surface area (Å²) in [5.74, 6) is -1.74. The minimum atomic E-state index is -1.04. The highest BCUT2D eigenvalue weighted by molar-refractivity contribution is 5.94. The average molecular weight is 291 g/mol. The third-order valence-electron chi connectivity index (χ3n) is 2.54. The first-order valence-corrected chi connectivity index (χ1v) is 6.14. The molecule has 0 spiro atoms. The Bertz CT molecular complexity index is 784. The van der Waals surface area contributed by atoms with E-state index in [4.69, 9.17) is 9.15 Å². The van der Waals surface area contributed by atoms with Crippen molar-refractivity contribution in [3.05, 3.63) is 50.4 Å². The molecule has 0 atom stereocenters. The molecule has 2 aromatic rings. The van der Waals surface area contributed by atoms with Gasteiger partial charge in [0.25, 0.3) is 11.2 Å². The molecular weight excluding hydrogens is 278 g/mol. The Morgan fingerprint density at radius 1 is 1.29 bits per heavy atom. The Morgan fingerprint density at radius 3 is 2.48 bits per heavy atom. The molecule has 0 saturated carbocycles. The number of fused-ring (bicyclic) bond motifs is 1. The molecule has 1 heterocycles. The topological polar surface area (TPSA) is 99.7 Å². The third kappa shape index (κ3) is 2.91. The largest absolute Gasteiger partial charge is 0.454 e. The molecule has 1 aromatic heterocycles. The second kappa shape index (κ2) is 5.01. The van der Waals surface area contributed by atoms with Crippen LogP contribution in [-0.2, 0) is 4.74 Å². The maximum absolute atomic E-state index is 12.2. The number of ether oxygens (including phenoxy) is 1. The zero-order valence-electron chi connectivity index (χ0n) is 11.7. The van der Waals surface area contributed by atoms with E-state index in [1.807, 2.05) is 0 Å². The summed E-state index contributed by atoms with van der Waals surface area (Å²) in [7, 11) is 0. The van der Waals surface area contributed by atoms with Gasteiger partial charge in [-0.25, -0.2) is 4.79 Å². The summed E-state index contributed by atoms with van der Waals surface area (Å²) >= 11 is 0. The highest BCUT2D eigenvalue weighted by atomic mass is 16.6. The predicted octanol–water partition coefficient (Wildman–Crippen LogP) is 2.66. The molecule has 21 heavy (non-hydrogen) atoms. The summed E-state index contributed by atoms with van der Waals surface area (Å²) in [6.45, 7) is 4.82. The second-order valence-corrected chi connectivity index (χ2v) is 5.36. The van der Waals surface area contributed by atoms with Crippen LogP contribution in [0.2, 0.25) is 0 Å². The minimum absolute atomic E-state index is 0.0384. The third-order valence-corrected chi connectivity index (χ3v) is 2.54. The van der Waals surface area contributed by atoms with Gasteiger partial charge in [0.05, 0.1) is 10.3 Å². The Morgan fingerprint density at radius 2 is 1.90 bits per heavy atom. The van der Waals surface area contributed by atoms with E-state index in [0.29, 0.717) is 0 Å². The summed E-state index contributed by atoms with van der Waals surface area (Å²) in [6.07, 6.45) is 0. The van der Waals surface area contributed by atoms with Gasteiger partial charge in [0, 0.05) is 0 Å². The molecule has 0 saturated heterocycles. The molecule has 0 aliphatic heterocycles. The molecule has 0 bridgehead atoms. The van der Waals surface area contributed by atoms with Crippen molar-refractivity contribution in [2.75, 3.05) is 0 Å². The molecule has 2 rings (SSSR count). The van der Waals surface area contributed by atoms with Gasteiger partial charge in [0.1, 0.15) is 11.2 Å². The molecule has 0 fully saturated rings. The maximum atomic E-state index is 12.2. The number of rotatable bonds is 2. The van der Waals surface area contributed by atoms with E-state index in [1.165, 1.54) is 12.1 Å². The second-order valence-electron chi connectivity index (χ2n) is 5.36. The first kappa shape index (κ1) is 14.7. The van der Waals surface area contributed by atoms with Gasteiger partial charge in [-0.1, -0.05) is 12.1 Å². The lowest BCUT2D eigenvalue weighted by Gasteiger charge is -2.18. The van der Waals surface area contributed by atoms with Gasteiger partial charge in [-0.2, -0.15) is 0 Å². The lowest BCUT2D eigenvalue weighted by molar-refractivity contribution is -0.387. The number of nitrogens with zero attached hydrogens (tertiary/aromatic N) is 1. The molecule has 0 N–H and O–H groups in total. The van der Waals surface area contributed by atoms with Crippen molar-refractivity contribution in [1.82, 2.24) is 0 Å². The van der Waals surface area contributed by atoms with Gasteiger partial charge >= 0.3 is 11.7 Å². The molecule has 0 aliphatic carbocycles. The molecule has 0 amide bonds. The van der Waals surface area contributed by atoms with E-state index in [1.54, 1.807) is 32.9 Å². The van der Waals surface area contributed by atoms with Crippen LogP contribution in [0.5, 0.6) is 0 Å². The Kier molecular flexibility index (Phi) is 3.51. The van der Waals surface area contributed by atoms with E-state index < -0.39 is 33.4 Å². The van der Waals surface area contributed by atoms with Gasteiger partial charge in [0.15, 0.2) is 0 Å². The summed E-state index contributed by atoms with van der Waals surface area (Å²) in [4.78, 5) is 34.3. The SMILES string of the molecule is CC(C)(C)OC(=O)c1oc2ccccc2c(=O)c1[N+](=O)[O-]. The van der Waals surface area contributed by atoms with Crippen LogP contribution in [0.1, 0.15) is 31.3 Å². The summed E-state index contributed by atoms with van der Waals surface area (Å²) in [5.41, 5.74) is -2.56. The van der Waals surface area contributed by atoms with Crippen LogP contribution in [0.25, 0.3) is 11.0 Å². The van der Waals surface area contributed by atoms with Crippen LogP contribution in [-0.4, -0.2) is 16.5 Å². The van der Waals surface area contributed by atoms with Crippen LogP contribution in [0.4, 0.5) is 5.69 Å². The summed E-state index contributed by atoms with van der Waals surface area (Å²) in [6, 6.07) is 5.99. The maximum Gasteiger partial charge on any atom is 0.382 e. The quantitative estimate of drug-likeness (QED) is 0.479. The van der Waals surface area contributed by atoms with E-state index in [9.17, 15) is 19.7 Å². The van der Waals surface area contributed by atoms with Crippen molar-refractivity contribution < 1.29 is 18.9 Å². The van der Waals surface area contributed by atoms with Crippen LogP contribution in [0, 0.1) is 10.1 Å². The van der Waals surface area contributed by atoms with Crippen molar-refractivity contribution in [2.45, 2.75) is 26.4 Å². The average Bonchev–Trinajstić information content (AvgIpc) is 2.36. The lowest BCUT2D eigenvalue weighted by Crippen LogP contribution is -2.25. The molecule has 7 nitrogen and oxygen atoms in total. The standard InChI is InChI=1S/C14H13NO6/c1-14(2,3)21-13(17)12-10(15(18)19)11(16)8-6-4-5-7-9(8)20-12/h4-7H,1-3H3. The Balaban J connectivity index is 2.73. The van der Waals surface area contributed by atoms with Crippen LogP contribution in [0.15, 0.2) is 33.5 Å². The number of hydrogen-bond donors (Lipinski definition) is 0. The van der Waals surface area contributed by atoms with E-state index in [2.05, 4.69) is 0 Å². The van der Waals surface area contributed by atoms with Gasteiger partial charge in [-0.05, 0) is 32.9 Å². The predicted molar refractivity (Wildman–Crippen MR) is 74.3 cm³/mol. The first-order chi connectivity index (χ1) is 9.70. The van der Waals surface area contributed by atoms with Crippen LogP contribution in [0.3, 0.4) is 0 Å². The fraction of sp³-hybridized carbons (Fsp3) is 0.286. The van der Waals surface area contributed by atoms with E-state index >= 15 is 0 Å². The number of esters is 1. The van der Waals surface area contributed by atoms with Crippen molar-refractivity contribution in [2.24, 2.45) is 0 Å². The highest BCUT2D eigenvalue weighted by Gasteiger charge is 2.32. The van der Waals surface area contributed by atoms with E-state index in [-0.39, 0.29) is 11.0 Å². The number of carbonyl (C=O) groups is 1. The fourth-order valence-corrected chi connectivity index (χ4v) is 1.76. The van der Waals surface area contributed by atoms with Gasteiger partial charge < -0.3 is 9.15 Å². The van der Waals surface area contributed by atoms with Crippen molar-refractivity contribution in [3.63, 3.8) is 0 Å². The monoisotopic (exact) mass is 291 g/mol.